The summed E-state index contributed by atoms with van der Waals surface area (Å²) in [5, 5.41) is 4.07. The molecule has 2 aromatic carbocycles. The first-order chi connectivity index (χ1) is 17.0. The molecule has 1 fully saturated rings. The van der Waals surface area contributed by atoms with Gasteiger partial charge in [0.15, 0.2) is 0 Å². The van der Waals surface area contributed by atoms with Gasteiger partial charge in [0.2, 0.25) is 5.91 Å². The van der Waals surface area contributed by atoms with Crippen LogP contribution in [0.3, 0.4) is 0 Å². The fourth-order valence-corrected chi connectivity index (χ4v) is 5.50. The molecule has 0 spiro atoms. The van der Waals surface area contributed by atoms with Gasteiger partial charge in [-0.25, -0.2) is 0 Å². The van der Waals surface area contributed by atoms with E-state index in [0.717, 1.165) is 91.6 Å². The zero-order valence-electron chi connectivity index (χ0n) is 20.4. The van der Waals surface area contributed by atoms with Gasteiger partial charge in [-0.05, 0) is 86.9 Å². The number of para-hydroxylation sites is 1. The number of fused-ring (bicyclic) bond motifs is 2. The first kappa shape index (κ1) is 23.5. The van der Waals surface area contributed by atoms with Crippen molar-refractivity contribution in [3.8, 4) is 0 Å². The van der Waals surface area contributed by atoms with E-state index in [0.29, 0.717) is 5.92 Å². The van der Waals surface area contributed by atoms with Crippen molar-refractivity contribution in [3.63, 3.8) is 0 Å². The molecule has 1 unspecified atom stereocenters. The topological polar surface area (TPSA) is 88.3 Å². The van der Waals surface area contributed by atoms with Gasteiger partial charge in [-0.15, -0.1) is 0 Å². The van der Waals surface area contributed by atoms with Crippen LogP contribution in [0.1, 0.15) is 53.4 Å². The Morgan fingerprint density at radius 2 is 1.80 bits per heavy atom. The van der Waals surface area contributed by atoms with E-state index >= 15 is 0 Å². The average molecular weight is 471 g/mol. The molecular weight excluding hydrogens is 436 g/mol. The number of carbonyl (C=O) groups excluding carboxylic acids is 2. The van der Waals surface area contributed by atoms with Crippen LogP contribution in [0.15, 0.2) is 48.5 Å². The lowest BCUT2D eigenvalue weighted by Gasteiger charge is -2.30. The molecule has 0 saturated carbocycles. The molecule has 3 aromatic rings. The quantitative estimate of drug-likeness (QED) is 0.561. The molecule has 5 rings (SSSR count). The summed E-state index contributed by atoms with van der Waals surface area (Å²) in [5.74, 6) is 0.356. The van der Waals surface area contributed by atoms with Crippen LogP contribution in [0.4, 0.5) is 5.69 Å². The van der Waals surface area contributed by atoms with E-state index in [-0.39, 0.29) is 17.7 Å². The van der Waals surface area contributed by atoms with Gasteiger partial charge in [0.1, 0.15) is 0 Å². The maximum Gasteiger partial charge on any atom is 0.256 e. The number of aromatic nitrogens is 1. The molecule has 0 radical (unpaired) electrons. The molecule has 2 aliphatic rings. The van der Waals surface area contributed by atoms with Crippen LogP contribution in [-0.2, 0) is 24.1 Å². The third-order valence-electron chi connectivity index (χ3n) is 7.65. The monoisotopic (exact) mass is 470 g/mol. The molecule has 1 atom stereocenters. The Balaban J connectivity index is 1.26. The van der Waals surface area contributed by atoms with E-state index in [1.165, 1.54) is 5.56 Å². The number of likely N-dealkylation sites (tertiary alicyclic amines) is 1. The van der Waals surface area contributed by atoms with Crippen LogP contribution >= 0.6 is 0 Å². The highest BCUT2D eigenvalue weighted by atomic mass is 16.2. The van der Waals surface area contributed by atoms with Gasteiger partial charge < -0.3 is 16.0 Å². The highest BCUT2D eigenvalue weighted by molar-refractivity contribution is 6.13. The Hall–Kier alpha value is -3.25. The van der Waals surface area contributed by atoms with Gasteiger partial charge in [-0.3, -0.25) is 14.6 Å². The predicted octanol–water partition coefficient (Wildman–Crippen LogP) is 4.35. The zero-order chi connectivity index (χ0) is 24.4. The second-order valence-electron chi connectivity index (χ2n) is 10.2. The summed E-state index contributed by atoms with van der Waals surface area (Å²) in [4.78, 5) is 32.2. The van der Waals surface area contributed by atoms with Gasteiger partial charge >= 0.3 is 0 Å². The van der Waals surface area contributed by atoms with Gasteiger partial charge in [0, 0.05) is 29.2 Å². The van der Waals surface area contributed by atoms with Gasteiger partial charge in [0.05, 0.1) is 11.1 Å². The molecule has 1 saturated heterocycles. The Kier molecular flexibility index (Phi) is 6.82. The van der Waals surface area contributed by atoms with E-state index in [9.17, 15) is 9.59 Å². The molecule has 35 heavy (non-hydrogen) atoms. The summed E-state index contributed by atoms with van der Waals surface area (Å²) in [5.41, 5.74) is 11.3. The normalized spacial score (nSPS) is 18.8. The molecule has 6 nitrogen and oxygen atoms in total. The van der Waals surface area contributed by atoms with Crippen molar-refractivity contribution in [1.29, 1.82) is 0 Å². The second kappa shape index (κ2) is 10.2. The fraction of sp³-hybridized carbons (Fsp3) is 0.414. The summed E-state index contributed by atoms with van der Waals surface area (Å²) < 4.78 is 0. The molecule has 6 heteroatoms. The molecule has 2 heterocycles. The SMILES string of the molecule is CC1CCc2nc3ccccc3c(C(=O)Nc3ccc(CCN4CCC(C(N)=O)CC4)cc3)c2C1. The highest BCUT2D eigenvalue weighted by Gasteiger charge is 2.25. The molecule has 1 aromatic heterocycles. The van der Waals surface area contributed by atoms with Gasteiger partial charge in [-0.1, -0.05) is 37.3 Å². The van der Waals surface area contributed by atoms with E-state index in [1.807, 2.05) is 36.4 Å². The van der Waals surface area contributed by atoms with Gasteiger partial charge in [-0.2, -0.15) is 0 Å². The van der Waals surface area contributed by atoms with Crippen molar-refractivity contribution in [1.82, 2.24) is 9.88 Å². The lowest BCUT2D eigenvalue weighted by molar-refractivity contribution is -0.123. The number of primary amides is 1. The maximum atomic E-state index is 13.5. The second-order valence-corrected chi connectivity index (χ2v) is 10.2. The Bertz CT molecular complexity index is 1230. The van der Waals surface area contributed by atoms with Crippen LogP contribution in [-0.4, -0.2) is 41.3 Å². The lowest BCUT2D eigenvalue weighted by Crippen LogP contribution is -2.39. The zero-order valence-corrected chi connectivity index (χ0v) is 20.4. The van der Waals surface area contributed by atoms with Crippen LogP contribution in [0, 0.1) is 11.8 Å². The smallest absolute Gasteiger partial charge is 0.256 e. The van der Waals surface area contributed by atoms with Crippen molar-refractivity contribution in [3.05, 3.63) is 70.9 Å². The number of hydrogen-bond donors (Lipinski definition) is 2. The maximum absolute atomic E-state index is 13.5. The first-order valence-electron chi connectivity index (χ1n) is 12.8. The largest absolute Gasteiger partial charge is 0.369 e. The summed E-state index contributed by atoms with van der Waals surface area (Å²) in [6.45, 7) is 5.05. The van der Waals surface area contributed by atoms with Crippen molar-refractivity contribution in [2.24, 2.45) is 17.6 Å². The summed E-state index contributed by atoms with van der Waals surface area (Å²) in [6, 6.07) is 16.1. The van der Waals surface area contributed by atoms with Crippen molar-refractivity contribution >= 4 is 28.4 Å². The number of amides is 2. The number of nitrogens with one attached hydrogen (secondary N) is 1. The summed E-state index contributed by atoms with van der Waals surface area (Å²) in [6.07, 6.45) is 5.58. The third kappa shape index (κ3) is 5.22. The number of anilines is 1. The van der Waals surface area contributed by atoms with Gasteiger partial charge in [0.25, 0.3) is 5.91 Å². The van der Waals surface area contributed by atoms with Crippen LogP contribution < -0.4 is 11.1 Å². The number of pyridine rings is 1. The summed E-state index contributed by atoms with van der Waals surface area (Å²) in [7, 11) is 0. The van der Waals surface area contributed by atoms with Crippen LogP contribution in [0.25, 0.3) is 10.9 Å². The number of rotatable bonds is 6. The van der Waals surface area contributed by atoms with E-state index in [1.54, 1.807) is 0 Å². The number of nitrogens with zero attached hydrogens (tertiary/aromatic N) is 2. The molecule has 3 N–H and O–H groups in total. The number of nitrogens with two attached hydrogens (primary N) is 1. The predicted molar refractivity (Wildman–Crippen MR) is 139 cm³/mol. The van der Waals surface area contributed by atoms with E-state index in [4.69, 9.17) is 10.7 Å². The van der Waals surface area contributed by atoms with E-state index in [2.05, 4.69) is 29.3 Å². The van der Waals surface area contributed by atoms with Crippen molar-refractivity contribution < 1.29 is 9.59 Å². The highest BCUT2D eigenvalue weighted by Crippen LogP contribution is 2.32. The standard InChI is InChI=1S/C29H34N4O2/c1-19-6-11-26-24(18-19)27(23-4-2-3-5-25(23)32-26)29(35)31-22-9-7-20(8-10-22)12-15-33-16-13-21(14-17-33)28(30)34/h2-5,7-10,19,21H,6,11-18H2,1H3,(H2,30,34)(H,31,35). The molecule has 1 aliphatic heterocycles. The van der Waals surface area contributed by atoms with Crippen molar-refractivity contribution in [2.45, 2.75) is 45.4 Å². The third-order valence-corrected chi connectivity index (χ3v) is 7.65. The minimum Gasteiger partial charge on any atom is -0.369 e. The lowest BCUT2D eigenvalue weighted by atomic mass is 9.84. The molecule has 182 valence electrons. The fourth-order valence-electron chi connectivity index (χ4n) is 5.50. The van der Waals surface area contributed by atoms with Crippen LogP contribution in [0.5, 0.6) is 0 Å². The molecule has 0 bridgehead atoms. The number of aryl methyl sites for hydroxylation is 1. The minimum atomic E-state index is -0.169. The number of benzene rings is 2. The average Bonchev–Trinajstić information content (AvgIpc) is 2.87. The minimum absolute atomic E-state index is 0.0282. The summed E-state index contributed by atoms with van der Waals surface area (Å²) >= 11 is 0. The van der Waals surface area contributed by atoms with Crippen LogP contribution in [0.2, 0.25) is 0 Å². The number of carbonyl (C=O) groups is 2. The Labute approximate surface area is 206 Å². The van der Waals surface area contributed by atoms with Crippen molar-refractivity contribution in [2.75, 3.05) is 25.0 Å². The Morgan fingerprint density at radius 3 is 2.54 bits per heavy atom. The first-order valence-corrected chi connectivity index (χ1v) is 12.8. The molecule has 1 aliphatic carbocycles. The molecular formula is C29H34N4O2. The van der Waals surface area contributed by atoms with E-state index < -0.39 is 0 Å². The number of hydrogen-bond acceptors (Lipinski definition) is 4. The molecule has 2 amide bonds. The number of piperidine rings is 1. The Morgan fingerprint density at radius 1 is 1.06 bits per heavy atom.